The molecule has 3 nitrogen and oxygen atoms in total. The van der Waals surface area contributed by atoms with E-state index in [1.54, 1.807) is 0 Å². The van der Waals surface area contributed by atoms with Gasteiger partial charge in [-0.3, -0.25) is 0 Å². The van der Waals surface area contributed by atoms with Crippen molar-refractivity contribution in [2.75, 3.05) is 4.90 Å². The van der Waals surface area contributed by atoms with Crippen molar-refractivity contribution >= 4 is 78.6 Å². The molecule has 0 spiro atoms. The summed E-state index contributed by atoms with van der Waals surface area (Å²) in [6.07, 6.45) is 0. The second kappa shape index (κ2) is 11.9. The van der Waals surface area contributed by atoms with Crippen LogP contribution in [0.3, 0.4) is 0 Å². The minimum Gasteiger partial charge on any atom is -0.456 e. The predicted molar refractivity (Wildman–Crippen MR) is 247 cm³/mol. The molecule has 0 saturated carbocycles. The number of para-hydroxylation sites is 3. The van der Waals surface area contributed by atoms with Gasteiger partial charge >= 0.3 is 6.85 Å². The van der Waals surface area contributed by atoms with Crippen molar-refractivity contribution in [3.63, 3.8) is 0 Å². The first kappa shape index (κ1) is 33.4. The number of furan rings is 1. The average Bonchev–Trinajstić information content (AvgIpc) is 3.75. The summed E-state index contributed by atoms with van der Waals surface area (Å²) in [5.74, 6) is 0. The first-order chi connectivity index (χ1) is 28.2. The Bertz CT molecular complexity index is 3390. The van der Waals surface area contributed by atoms with Crippen LogP contribution in [0.15, 0.2) is 144 Å². The van der Waals surface area contributed by atoms with Gasteiger partial charge in [0.15, 0.2) is 0 Å². The molecule has 10 aromatic rings. The lowest BCUT2D eigenvalue weighted by Gasteiger charge is -2.41. The number of benzene rings is 8. The summed E-state index contributed by atoms with van der Waals surface area (Å²) in [5, 5.41) is 4.91. The van der Waals surface area contributed by atoms with Crippen LogP contribution in [0.2, 0.25) is 0 Å². The monoisotopic (exact) mass is 744 g/mol. The Morgan fingerprint density at radius 1 is 0.483 bits per heavy atom. The zero-order chi connectivity index (χ0) is 39.1. The summed E-state index contributed by atoms with van der Waals surface area (Å²) in [5.41, 5.74) is 25.8. The van der Waals surface area contributed by atoms with Gasteiger partial charge in [-0.1, -0.05) is 114 Å². The molecule has 2 aliphatic rings. The molecule has 0 bridgehead atoms. The van der Waals surface area contributed by atoms with Gasteiger partial charge in [-0.05, 0) is 133 Å². The third-order valence-corrected chi connectivity index (χ3v) is 13.1. The molecular formula is C54H41BN2O. The quantitative estimate of drug-likeness (QED) is 0.168. The van der Waals surface area contributed by atoms with Crippen LogP contribution in [0, 0.1) is 41.5 Å². The van der Waals surface area contributed by atoms with Crippen LogP contribution >= 0.6 is 0 Å². The fourth-order valence-electron chi connectivity index (χ4n) is 11.2. The van der Waals surface area contributed by atoms with Gasteiger partial charge in [0.05, 0.1) is 0 Å². The van der Waals surface area contributed by atoms with E-state index in [9.17, 15) is 0 Å². The van der Waals surface area contributed by atoms with E-state index in [0.29, 0.717) is 0 Å². The van der Waals surface area contributed by atoms with Crippen molar-refractivity contribution < 1.29 is 4.42 Å². The van der Waals surface area contributed by atoms with Crippen molar-refractivity contribution in [3.8, 4) is 33.4 Å². The molecule has 0 fully saturated rings. The van der Waals surface area contributed by atoms with Gasteiger partial charge in [-0.25, -0.2) is 0 Å². The molecular weight excluding hydrogens is 703 g/mol. The third kappa shape index (κ3) is 4.46. The normalized spacial score (nSPS) is 12.9. The van der Waals surface area contributed by atoms with Gasteiger partial charge < -0.3 is 13.8 Å². The van der Waals surface area contributed by atoms with Crippen molar-refractivity contribution in [1.82, 2.24) is 4.48 Å². The Morgan fingerprint density at radius 2 is 1.12 bits per heavy atom. The van der Waals surface area contributed by atoms with E-state index in [4.69, 9.17) is 4.42 Å². The van der Waals surface area contributed by atoms with E-state index in [2.05, 4.69) is 190 Å². The molecule has 276 valence electrons. The number of hydrogen-bond donors (Lipinski definition) is 0. The van der Waals surface area contributed by atoms with Crippen molar-refractivity contribution in [2.24, 2.45) is 0 Å². The van der Waals surface area contributed by atoms with E-state index in [0.717, 1.165) is 27.9 Å². The summed E-state index contributed by atoms with van der Waals surface area (Å²) in [7, 11) is 0. The molecule has 0 amide bonds. The van der Waals surface area contributed by atoms with E-state index in [-0.39, 0.29) is 6.85 Å². The zero-order valence-corrected chi connectivity index (χ0v) is 33.7. The molecule has 0 atom stereocenters. The van der Waals surface area contributed by atoms with Crippen LogP contribution in [0.4, 0.5) is 17.1 Å². The van der Waals surface area contributed by atoms with Gasteiger partial charge in [0.25, 0.3) is 0 Å². The van der Waals surface area contributed by atoms with Crippen LogP contribution in [-0.4, -0.2) is 11.3 Å². The molecule has 4 heteroatoms. The van der Waals surface area contributed by atoms with E-state index < -0.39 is 0 Å². The fraction of sp³-hybridized carbons (Fsp3) is 0.111. The molecule has 8 aromatic carbocycles. The minimum atomic E-state index is -0.0642. The summed E-state index contributed by atoms with van der Waals surface area (Å²) < 4.78 is 9.52. The number of nitrogens with zero attached hydrogens (tertiary/aromatic N) is 2. The molecule has 0 radical (unpaired) electrons. The van der Waals surface area contributed by atoms with Crippen molar-refractivity contribution in [1.29, 1.82) is 0 Å². The van der Waals surface area contributed by atoms with E-state index >= 15 is 0 Å². The number of aryl methyl sites for hydroxylation is 6. The molecule has 2 aliphatic heterocycles. The molecule has 12 rings (SSSR count). The Labute approximate surface area is 338 Å². The molecule has 58 heavy (non-hydrogen) atoms. The Kier molecular flexibility index (Phi) is 6.83. The third-order valence-electron chi connectivity index (χ3n) is 13.1. The number of aromatic nitrogens is 1. The lowest BCUT2D eigenvalue weighted by Crippen LogP contribution is -2.56. The summed E-state index contributed by atoms with van der Waals surface area (Å²) in [6, 6.07) is 52.4. The second-order valence-electron chi connectivity index (χ2n) is 16.9. The maximum absolute atomic E-state index is 6.87. The molecule has 0 aliphatic carbocycles. The number of anilines is 3. The number of rotatable bonds is 3. The first-order valence-electron chi connectivity index (χ1n) is 20.5. The highest BCUT2D eigenvalue weighted by Gasteiger charge is 2.44. The van der Waals surface area contributed by atoms with Crippen LogP contribution in [0.1, 0.15) is 33.4 Å². The maximum atomic E-state index is 6.87. The molecule has 2 aromatic heterocycles. The van der Waals surface area contributed by atoms with Gasteiger partial charge in [-0.2, -0.15) is 0 Å². The summed E-state index contributed by atoms with van der Waals surface area (Å²) in [4.78, 5) is 2.54. The highest BCUT2D eigenvalue weighted by Crippen LogP contribution is 2.50. The average molecular weight is 745 g/mol. The lowest BCUT2D eigenvalue weighted by molar-refractivity contribution is 0.669. The van der Waals surface area contributed by atoms with Crippen LogP contribution in [0.25, 0.3) is 77.1 Å². The Hall–Kier alpha value is -6.78. The summed E-state index contributed by atoms with van der Waals surface area (Å²) >= 11 is 0. The smallest absolute Gasteiger partial charge is 0.333 e. The minimum absolute atomic E-state index is 0.0642. The van der Waals surface area contributed by atoms with Gasteiger partial charge in [-0.15, -0.1) is 0 Å². The Morgan fingerprint density at radius 3 is 1.86 bits per heavy atom. The van der Waals surface area contributed by atoms with Crippen LogP contribution in [-0.2, 0) is 0 Å². The maximum Gasteiger partial charge on any atom is 0.333 e. The van der Waals surface area contributed by atoms with Gasteiger partial charge in [0.1, 0.15) is 11.2 Å². The van der Waals surface area contributed by atoms with Gasteiger partial charge in [0.2, 0.25) is 0 Å². The van der Waals surface area contributed by atoms with Crippen molar-refractivity contribution in [2.45, 2.75) is 41.5 Å². The highest BCUT2D eigenvalue weighted by atomic mass is 16.3. The van der Waals surface area contributed by atoms with Crippen molar-refractivity contribution in [3.05, 3.63) is 173 Å². The lowest BCUT2D eigenvalue weighted by atomic mass is 9.44. The topological polar surface area (TPSA) is 21.3 Å². The van der Waals surface area contributed by atoms with E-state index in [1.807, 2.05) is 0 Å². The largest absolute Gasteiger partial charge is 0.456 e. The zero-order valence-electron chi connectivity index (χ0n) is 33.7. The predicted octanol–water partition coefficient (Wildman–Crippen LogP) is 13.3. The Balaban J connectivity index is 1.25. The number of fused-ring (bicyclic) bond motifs is 11. The SMILES string of the molecule is Cc1cc(C)c(-c2cccc(N3c4cc(-c5c(C)cc(C)cc5C)ccc4B4c5c3cc3oc6ccccc6c3c5-c3cccc5c6ccccc6n4c35)c2)c(C)c1. The van der Waals surface area contributed by atoms with Crippen LogP contribution < -0.4 is 15.8 Å². The van der Waals surface area contributed by atoms with Crippen LogP contribution in [0.5, 0.6) is 0 Å². The number of hydrogen-bond acceptors (Lipinski definition) is 2. The molecule has 0 saturated heterocycles. The molecule has 4 heterocycles. The molecule has 0 N–H and O–H groups in total. The highest BCUT2D eigenvalue weighted by molar-refractivity contribution is 6.90. The van der Waals surface area contributed by atoms with Gasteiger partial charge in [0, 0.05) is 61.3 Å². The first-order valence-corrected chi connectivity index (χ1v) is 20.5. The second-order valence-corrected chi connectivity index (χ2v) is 16.9. The standard InChI is InChI=1S/C54H41BN2O/c1-30-23-32(3)49(33(4)24-30)36-13-11-14-38(27-36)56-45-28-37(50-34(5)25-31(2)26-35(50)6)21-22-43(45)55-53-46(56)29-48-51(41-16-8-10-20-47(41)58-48)52(53)42-18-12-17-40-39-15-7-9-19-44(39)57(55)54(40)42/h7-29H,1-6H3. The fourth-order valence-corrected chi connectivity index (χ4v) is 11.2. The summed E-state index contributed by atoms with van der Waals surface area (Å²) in [6.45, 7) is 13.3. The van der Waals surface area contributed by atoms with E-state index in [1.165, 1.54) is 111 Å². The molecule has 0 unspecified atom stereocenters.